The number of morpholine rings is 1. The molecule has 1 unspecified atom stereocenters. The molecule has 3 aliphatic rings. The normalized spacial score (nSPS) is 20.4. The zero-order valence-electron chi connectivity index (χ0n) is 19.1. The van der Waals surface area contributed by atoms with Gasteiger partial charge in [0, 0.05) is 55.8 Å². The number of hydrogen-bond acceptors (Lipinski definition) is 7. The molecule has 1 N–H and O–H groups in total. The van der Waals surface area contributed by atoms with Gasteiger partial charge in [0.05, 0.1) is 28.1 Å². The number of halogens is 1. The molecule has 4 heterocycles. The number of ketones is 1. The van der Waals surface area contributed by atoms with Crippen LogP contribution in [0.5, 0.6) is 0 Å². The fourth-order valence-electron chi connectivity index (χ4n) is 4.73. The van der Waals surface area contributed by atoms with Crippen LogP contribution in [0, 0.1) is 5.41 Å². The molecule has 3 aliphatic heterocycles. The summed E-state index contributed by atoms with van der Waals surface area (Å²) in [4.78, 5) is 23.3. The van der Waals surface area contributed by atoms with Crippen molar-refractivity contribution in [3.63, 3.8) is 0 Å². The van der Waals surface area contributed by atoms with E-state index in [0.717, 1.165) is 61.5 Å². The highest BCUT2D eigenvalue weighted by molar-refractivity contribution is 7.18. The van der Waals surface area contributed by atoms with E-state index in [4.69, 9.17) is 26.6 Å². The number of amidine groups is 1. The largest absolute Gasteiger partial charge is 0.392 e. The summed E-state index contributed by atoms with van der Waals surface area (Å²) in [5.74, 6) is 0.681. The first kappa shape index (κ1) is 23.3. The minimum Gasteiger partial charge on any atom is -0.392 e. The van der Waals surface area contributed by atoms with Gasteiger partial charge in [-0.25, -0.2) is 0 Å². The highest BCUT2D eigenvalue weighted by atomic mass is 35.5. The van der Waals surface area contributed by atoms with E-state index < -0.39 is 0 Å². The number of thiophene rings is 1. The van der Waals surface area contributed by atoms with Crippen molar-refractivity contribution in [1.82, 2.24) is 4.90 Å². The van der Waals surface area contributed by atoms with Crippen LogP contribution in [0.15, 0.2) is 35.5 Å². The monoisotopic (exact) mass is 500 g/mol. The molecule has 9 heteroatoms. The minimum absolute atomic E-state index is 0.0905. The highest BCUT2D eigenvalue weighted by Crippen LogP contribution is 2.31. The molecule has 2 saturated heterocycles. The number of oxime groups is 1. The predicted octanol–water partition coefficient (Wildman–Crippen LogP) is 4.82. The van der Waals surface area contributed by atoms with Crippen LogP contribution < -0.4 is 4.90 Å². The Balaban J connectivity index is 1.30. The van der Waals surface area contributed by atoms with Crippen LogP contribution >= 0.6 is 22.9 Å². The number of carbonyl (C=O) groups is 1. The maximum atomic E-state index is 12.5. The van der Waals surface area contributed by atoms with Gasteiger partial charge in [-0.2, -0.15) is 0 Å². The summed E-state index contributed by atoms with van der Waals surface area (Å²) in [6.45, 7) is 4.89. The van der Waals surface area contributed by atoms with Crippen LogP contribution in [0.25, 0.3) is 0 Å². The first-order chi connectivity index (χ1) is 16.6. The van der Waals surface area contributed by atoms with Gasteiger partial charge in [0.25, 0.3) is 0 Å². The van der Waals surface area contributed by atoms with Gasteiger partial charge in [0.15, 0.2) is 5.78 Å². The van der Waals surface area contributed by atoms with E-state index in [1.54, 1.807) is 12.1 Å². The number of benzene rings is 1. The van der Waals surface area contributed by atoms with Crippen molar-refractivity contribution in [2.75, 3.05) is 44.3 Å². The molecule has 0 radical (unpaired) electrons. The average molecular weight is 501 g/mol. The van der Waals surface area contributed by atoms with E-state index in [1.807, 2.05) is 6.07 Å². The molecular formula is C25H29ClN4O3S. The third kappa shape index (κ3) is 5.14. The van der Waals surface area contributed by atoms with Crippen LogP contribution in [0.1, 0.15) is 52.9 Å². The number of carbonyl (C=O) groups excluding carboxylic acids is 1. The molecule has 1 aromatic heterocycles. The van der Waals surface area contributed by atoms with Gasteiger partial charge in [-0.3, -0.25) is 10.2 Å². The predicted molar refractivity (Wildman–Crippen MR) is 136 cm³/mol. The van der Waals surface area contributed by atoms with Gasteiger partial charge < -0.3 is 19.4 Å². The molecule has 34 heavy (non-hydrogen) atoms. The smallest absolute Gasteiger partial charge is 0.172 e. The molecular weight excluding hydrogens is 472 g/mol. The fraction of sp³-hybridized carbons (Fsp3) is 0.480. The van der Waals surface area contributed by atoms with Crippen LogP contribution in [-0.4, -0.2) is 67.7 Å². The highest BCUT2D eigenvalue weighted by Gasteiger charge is 2.28. The van der Waals surface area contributed by atoms with Crippen molar-refractivity contribution >= 4 is 46.0 Å². The Kier molecular flexibility index (Phi) is 7.18. The number of Topliss-reactive ketones (excluding diaryl/α,β-unsaturated/α-hetero) is 1. The summed E-state index contributed by atoms with van der Waals surface area (Å²) in [7, 11) is 0. The van der Waals surface area contributed by atoms with Gasteiger partial charge >= 0.3 is 0 Å². The van der Waals surface area contributed by atoms with Gasteiger partial charge in [-0.1, -0.05) is 28.9 Å². The molecule has 1 atom stereocenters. The molecule has 2 aromatic rings. The molecule has 0 aliphatic carbocycles. The minimum atomic E-state index is -0.116. The Labute approximate surface area is 208 Å². The molecule has 1 aromatic carbocycles. The number of ether oxygens (including phenoxy) is 1. The lowest BCUT2D eigenvalue weighted by Gasteiger charge is -2.31. The van der Waals surface area contributed by atoms with Gasteiger partial charge in [0.2, 0.25) is 0 Å². The van der Waals surface area contributed by atoms with E-state index in [2.05, 4.69) is 27.1 Å². The van der Waals surface area contributed by atoms with Crippen LogP contribution in [0.4, 0.5) is 5.69 Å². The lowest BCUT2D eigenvalue weighted by molar-refractivity contribution is 0.0720. The van der Waals surface area contributed by atoms with Crippen LogP contribution in [0.2, 0.25) is 4.34 Å². The summed E-state index contributed by atoms with van der Waals surface area (Å²) in [5, 5.41) is 13.1. The van der Waals surface area contributed by atoms with E-state index in [9.17, 15) is 4.79 Å². The van der Waals surface area contributed by atoms with Crippen molar-refractivity contribution < 1.29 is 14.4 Å². The van der Waals surface area contributed by atoms with Crippen molar-refractivity contribution in [3.05, 3.63) is 50.7 Å². The summed E-state index contributed by atoms with van der Waals surface area (Å²) < 4.78 is 6.20. The number of anilines is 1. The molecule has 0 bridgehead atoms. The molecule has 7 nitrogen and oxygen atoms in total. The number of likely N-dealkylation sites (tertiary alicyclic amines) is 1. The van der Waals surface area contributed by atoms with Crippen molar-refractivity contribution in [3.8, 4) is 0 Å². The summed E-state index contributed by atoms with van der Waals surface area (Å²) in [6, 6.07) is 9.77. The second-order valence-electron chi connectivity index (χ2n) is 8.91. The van der Waals surface area contributed by atoms with Gasteiger partial charge in [0.1, 0.15) is 11.9 Å². The molecule has 0 amide bonds. The van der Waals surface area contributed by atoms with E-state index in [-0.39, 0.29) is 11.9 Å². The lowest BCUT2D eigenvalue weighted by Crippen LogP contribution is -2.37. The standard InChI is InChI=1S/C25H29ClN4O3S/c26-24-8-7-23(34-24)22(31)6-4-18-16-20(28-33-18)19-5-3-17(25(27)30-9-1-2-10-30)15-21(19)29-11-13-32-14-12-29/h3,5,7-8,15,18,27H,1-2,4,6,9-14,16H2. The average Bonchev–Trinajstić information content (AvgIpc) is 3.65. The van der Waals surface area contributed by atoms with E-state index in [0.29, 0.717) is 47.5 Å². The molecule has 0 spiro atoms. The van der Waals surface area contributed by atoms with Crippen molar-refractivity contribution in [1.29, 1.82) is 5.41 Å². The zero-order chi connectivity index (χ0) is 23.5. The third-order valence-electron chi connectivity index (χ3n) is 6.63. The summed E-state index contributed by atoms with van der Waals surface area (Å²) in [6.07, 6.45) is 3.87. The molecule has 0 saturated carbocycles. The SMILES string of the molecule is N=C(c1ccc(C2=NOC(CCC(=O)c3ccc(Cl)s3)C2)c(N2CCOCC2)c1)N1CCCC1. The summed E-state index contributed by atoms with van der Waals surface area (Å²) in [5.41, 5.74) is 3.96. The van der Waals surface area contributed by atoms with Crippen molar-refractivity contribution in [2.45, 2.75) is 38.2 Å². The summed E-state index contributed by atoms with van der Waals surface area (Å²) >= 11 is 7.28. The fourth-order valence-corrected chi connectivity index (χ4v) is 5.74. The van der Waals surface area contributed by atoms with Gasteiger partial charge in [-0.05, 0) is 37.5 Å². The van der Waals surface area contributed by atoms with E-state index >= 15 is 0 Å². The molecule has 180 valence electrons. The maximum Gasteiger partial charge on any atom is 0.172 e. The topological polar surface area (TPSA) is 78.2 Å². The van der Waals surface area contributed by atoms with Crippen LogP contribution in [0.3, 0.4) is 0 Å². The molecule has 2 fully saturated rings. The Morgan fingerprint density at radius 1 is 1.15 bits per heavy atom. The Morgan fingerprint density at radius 3 is 2.68 bits per heavy atom. The number of hydrogen-bond donors (Lipinski definition) is 1. The second kappa shape index (κ2) is 10.5. The number of nitrogens with zero attached hydrogens (tertiary/aromatic N) is 3. The van der Waals surface area contributed by atoms with Crippen LogP contribution in [-0.2, 0) is 9.57 Å². The Hall–Kier alpha value is -2.42. The third-order valence-corrected chi connectivity index (χ3v) is 7.90. The first-order valence-corrected chi connectivity index (χ1v) is 13.1. The zero-order valence-corrected chi connectivity index (χ0v) is 20.7. The van der Waals surface area contributed by atoms with E-state index in [1.165, 1.54) is 11.3 Å². The number of rotatable bonds is 7. The number of nitrogens with one attached hydrogen (secondary N) is 1. The van der Waals surface area contributed by atoms with Crippen molar-refractivity contribution in [2.24, 2.45) is 5.16 Å². The second-order valence-corrected chi connectivity index (χ2v) is 10.6. The van der Waals surface area contributed by atoms with Gasteiger partial charge in [-0.15, -0.1) is 11.3 Å². The molecule has 5 rings (SSSR count). The maximum absolute atomic E-state index is 12.5. The lowest BCUT2D eigenvalue weighted by atomic mass is 9.97. The quantitative estimate of drug-likeness (QED) is 0.335. The Morgan fingerprint density at radius 2 is 1.94 bits per heavy atom. The first-order valence-electron chi connectivity index (χ1n) is 11.9. The Bertz CT molecular complexity index is 1090.